The number of rotatable bonds is 4. The second kappa shape index (κ2) is 4.95. The molecule has 2 aromatic rings. The minimum absolute atomic E-state index is 0.328. The summed E-state index contributed by atoms with van der Waals surface area (Å²) in [7, 11) is 0. The van der Waals surface area contributed by atoms with E-state index in [1.54, 1.807) is 11.3 Å². The van der Waals surface area contributed by atoms with Gasteiger partial charge in [-0.05, 0) is 24.8 Å². The predicted molar refractivity (Wildman–Crippen MR) is 62.3 cm³/mol. The lowest BCUT2D eigenvalue weighted by atomic mass is 10.2. The Kier molecular flexibility index (Phi) is 3.37. The summed E-state index contributed by atoms with van der Waals surface area (Å²) >= 11 is 1.74. The minimum Gasteiger partial charge on any atom is -0.446 e. The molecule has 0 aliphatic heterocycles. The first-order valence-corrected chi connectivity index (χ1v) is 6.02. The number of nitrogens with zero attached hydrogens (tertiary/aromatic N) is 2. The molecule has 16 heavy (non-hydrogen) atoms. The smallest absolute Gasteiger partial charge is 0.195 e. The molecule has 2 rings (SSSR count). The third kappa shape index (κ3) is 2.50. The van der Waals surface area contributed by atoms with E-state index in [1.165, 1.54) is 4.88 Å². The third-order valence-corrected chi connectivity index (χ3v) is 3.28. The Balaban J connectivity index is 2.00. The largest absolute Gasteiger partial charge is 0.446 e. The van der Waals surface area contributed by atoms with Gasteiger partial charge in [0.15, 0.2) is 5.89 Å². The molecule has 0 fully saturated rings. The van der Waals surface area contributed by atoms with Gasteiger partial charge in [0.25, 0.3) is 0 Å². The van der Waals surface area contributed by atoms with Crippen LogP contribution >= 0.6 is 11.3 Å². The average Bonchev–Trinajstić information content (AvgIpc) is 2.87. The van der Waals surface area contributed by atoms with Crippen LogP contribution < -0.4 is 0 Å². The van der Waals surface area contributed by atoms with Gasteiger partial charge in [-0.3, -0.25) is 0 Å². The molecule has 0 saturated carbocycles. The van der Waals surface area contributed by atoms with E-state index < -0.39 is 0 Å². The van der Waals surface area contributed by atoms with Crippen LogP contribution in [-0.4, -0.2) is 4.98 Å². The van der Waals surface area contributed by atoms with Crippen LogP contribution in [-0.2, 0) is 19.3 Å². The monoisotopic (exact) mass is 232 g/mol. The van der Waals surface area contributed by atoms with E-state index in [-0.39, 0.29) is 0 Å². The molecule has 0 aliphatic rings. The standard InChI is InChI=1S/C12H12N2OS/c1-9-11(6-7-13)14-12(15-9)5-4-10-3-2-8-16-10/h2-3,8H,4-6H2,1H3. The number of aromatic nitrogens is 1. The first-order valence-electron chi connectivity index (χ1n) is 5.14. The van der Waals surface area contributed by atoms with Crippen LogP contribution in [0.3, 0.4) is 0 Å². The summed E-state index contributed by atoms with van der Waals surface area (Å²) in [6.07, 6.45) is 2.07. The van der Waals surface area contributed by atoms with Crippen molar-refractivity contribution in [1.82, 2.24) is 4.98 Å². The van der Waals surface area contributed by atoms with Crippen LogP contribution in [0.5, 0.6) is 0 Å². The molecule has 3 nitrogen and oxygen atoms in total. The van der Waals surface area contributed by atoms with E-state index >= 15 is 0 Å². The van der Waals surface area contributed by atoms with Crippen LogP contribution in [0.4, 0.5) is 0 Å². The molecule has 0 saturated heterocycles. The quantitative estimate of drug-likeness (QED) is 0.814. The van der Waals surface area contributed by atoms with Crippen molar-refractivity contribution >= 4 is 11.3 Å². The zero-order valence-corrected chi connectivity index (χ0v) is 9.88. The van der Waals surface area contributed by atoms with Crippen molar-refractivity contribution in [1.29, 1.82) is 5.26 Å². The Morgan fingerprint density at radius 2 is 2.38 bits per heavy atom. The van der Waals surface area contributed by atoms with E-state index in [0.717, 1.165) is 30.2 Å². The summed E-state index contributed by atoms with van der Waals surface area (Å²) in [6, 6.07) is 6.24. The fraction of sp³-hybridized carbons (Fsp3) is 0.333. The number of thiophene rings is 1. The Labute approximate surface area is 98.4 Å². The van der Waals surface area contributed by atoms with Gasteiger partial charge >= 0.3 is 0 Å². The van der Waals surface area contributed by atoms with E-state index in [1.807, 2.05) is 13.0 Å². The lowest BCUT2D eigenvalue weighted by molar-refractivity contribution is 0.470. The van der Waals surface area contributed by atoms with Crippen molar-refractivity contribution < 1.29 is 4.42 Å². The Morgan fingerprint density at radius 3 is 3.06 bits per heavy atom. The van der Waals surface area contributed by atoms with E-state index in [2.05, 4.69) is 22.5 Å². The fourth-order valence-electron chi connectivity index (χ4n) is 1.52. The Hall–Kier alpha value is -1.60. The molecule has 82 valence electrons. The summed E-state index contributed by atoms with van der Waals surface area (Å²) in [4.78, 5) is 5.65. The van der Waals surface area contributed by atoms with Gasteiger partial charge in [0.2, 0.25) is 0 Å². The maximum atomic E-state index is 8.60. The van der Waals surface area contributed by atoms with Crippen LogP contribution in [0.1, 0.15) is 22.2 Å². The molecular formula is C12H12N2OS. The van der Waals surface area contributed by atoms with Gasteiger partial charge in [-0.15, -0.1) is 11.3 Å². The number of hydrogen-bond donors (Lipinski definition) is 0. The van der Waals surface area contributed by atoms with Gasteiger partial charge in [-0.1, -0.05) is 6.07 Å². The molecule has 4 heteroatoms. The molecule has 0 spiro atoms. The Bertz CT molecular complexity index is 494. The van der Waals surface area contributed by atoms with Crippen molar-refractivity contribution in [3.05, 3.63) is 39.7 Å². The molecule has 0 aromatic carbocycles. The normalized spacial score (nSPS) is 10.2. The summed E-state index contributed by atoms with van der Waals surface area (Å²) < 4.78 is 5.51. The first kappa shape index (κ1) is 10.9. The molecule has 0 bridgehead atoms. The highest BCUT2D eigenvalue weighted by Crippen LogP contribution is 2.15. The minimum atomic E-state index is 0.328. The van der Waals surface area contributed by atoms with Gasteiger partial charge in [-0.2, -0.15) is 5.26 Å². The maximum absolute atomic E-state index is 8.60. The summed E-state index contributed by atoms with van der Waals surface area (Å²) in [6.45, 7) is 1.86. The van der Waals surface area contributed by atoms with Crippen LogP contribution in [0.2, 0.25) is 0 Å². The number of hydrogen-bond acceptors (Lipinski definition) is 4. The van der Waals surface area contributed by atoms with Gasteiger partial charge in [0.05, 0.1) is 18.2 Å². The SMILES string of the molecule is Cc1oc(CCc2cccs2)nc1CC#N. The van der Waals surface area contributed by atoms with Crippen molar-refractivity contribution in [3.63, 3.8) is 0 Å². The molecule has 0 amide bonds. The second-order valence-electron chi connectivity index (χ2n) is 3.52. The first-order chi connectivity index (χ1) is 7.79. The highest BCUT2D eigenvalue weighted by Gasteiger charge is 2.09. The topological polar surface area (TPSA) is 49.8 Å². The Morgan fingerprint density at radius 1 is 1.50 bits per heavy atom. The zero-order chi connectivity index (χ0) is 11.4. The molecule has 0 radical (unpaired) electrons. The number of oxazole rings is 1. The molecule has 0 N–H and O–H groups in total. The van der Waals surface area contributed by atoms with Gasteiger partial charge in [-0.25, -0.2) is 4.98 Å². The molecular weight excluding hydrogens is 220 g/mol. The van der Waals surface area contributed by atoms with Crippen molar-refractivity contribution in [2.45, 2.75) is 26.2 Å². The van der Waals surface area contributed by atoms with Gasteiger partial charge in [0.1, 0.15) is 5.76 Å². The summed E-state index contributed by atoms with van der Waals surface area (Å²) in [5, 5.41) is 10.7. The maximum Gasteiger partial charge on any atom is 0.195 e. The second-order valence-corrected chi connectivity index (χ2v) is 4.56. The van der Waals surface area contributed by atoms with E-state index in [9.17, 15) is 0 Å². The average molecular weight is 232 g/mol. The van der Waals surface area contributed by atoms with Crippen LogP contribution in [0.25, 0.3) is 0 Å². The van der Waals surface area contributed by atoms with Crippen molar-refractivity contribution in [3.8, 4) is 6.07 Å². The van der Waals surface area contributed by atoms with Crippen LogP contribution in [0.15, 0.2) is 21.9 Å². The number of nitriles is 1. The zero-order valence-electron chi connectivity index (χ0n) is 9.06. The van der Waals surface area contributed by atoms with Gasteiger partial charge in [0, 0.05) is 11.3 Å². The predicted octanol–water partition coefficient (Wildman–Crippen LogP) is 2.90. The summed E-state index contributed by atoms with van der Waals surface area (Å²) in [5.74, 6) is 1.50. The molecule has 0 atom stereocenters. The fourth-order valence-corrected chi connectivity index (χ4v) is 2.23. The molecule has 0 unspecified atom stereocenters. The van der Waals surface area contributed by atoms with E-state index in [4.69, 9.17) is 9.68 Å². The van der Waals surface area contributed by atoms with Crippen molar-refractivity contribution in [2.24, 2.45) is 0 Å². The summed E-state index contributed by atoms with van der Waals surface area (Å²) in [5.41, 5.74) is 0.767. The van der Waals surface area contributed by atoms with E-state index in [0.29, 0.717) is 6.42 Å². The van der Waals surface area contributed by atoms with Crippen LogP contribution in [0, 0.1) is 18.3 Å². The number of aryl methyl sites for hydroxylation is 3. The molecule has 0 aliphatic carbocycles. The lowest BCUT2D eigenvalue weighted by Crippen LogP contribution is -1.90. The third-order valence-electron chi connectivity index (χ3n) is 2.35. The van der Waals surface area contributed by atoms with Gasteiger partial charge < -0.3 is 4.42 Å². The van der Waals surface area contributed by atoms with Crippen molar-refractivity contribution in [2.75, 3.05) is 0 Å². The lowest BCUT2D eigenvalue weighted by Gasteiger charge is -1.92. The molecule has 2 aromatic heterocycles. The highest BCUT2D eigenvalue weighted by molar-refractivity contribution is 7.09. The highest BCUT2D eigenvalue weighted by atomic mass is 32.1. The molecule has 2 heterocycles.